The number of aromatic nitrogens is 1. The van der Waals surface area contributed by atoms with Crippen molar-refractivity contribution < 1.29 is 9.52 Å². The number of carbonyl (C=O) groups excluding carboxylic acids is 1. The van der Waals surface area contributed by atoms with E-state index in [0.29, 0.717) is 5.03 Å². The predicted octanol–water partition coefficient (Wildman–Crippen LogP) is 3.23. The fourth-order valence-electron chi connectivity index (χ4n) is 2.78. The van der Waals surface area contributed by atoms with Gasteiger partial charge in [0, 0.05) is 23.6 Å². The second-order valence-corrected chi connectivity index (χ2v) is 7.67. The third-order valence-electron chi connectivity index (χ3n) is 3.84. The van der Waals surface area contributed by atoms with Gasteiger partial charge in [0.25, 0.3) is 5.03 Å². The highest BCUT2D eigenvalue weighted by molar-refractivity contribution is 8.00. The maximum Gasteiger partial charge on any atom is 0.252 e. The molecule has 3 heterocycles. The van der Waals surface area contributed by atoms with Gasteiger partial charge in [-0.05, 0) is 49.0 Å². The van der Waals surface area contributed by atoms with E-state index in [1.54, 1.807) is 23.5 Å². The van der Waals surface area contributed by atoms with E-state index < -0.39 is 0 Å². The summed E-state index contributed by atoms with van der Waals surface area (Å²) >= 11 is 3.03. The quantitative estimate of drug-likeness (QED) is 0.490. The Morgan fingerprint density at radius 1 is 1.45 bits per heavy atom. The number of thiophene rings is 1. The van der Waals surface area contributed by atoms with Crippen molar-refractivity contribution in [2.75, 3.05) is 6.54 Å². The zero-order chi connectivity index (χ0) is 15.5. The average molecular weight is 334 g/mol. The van der Waals surface area contributed by atoms with Crippen molar-refractivity contribution in [1.82, 2.24) is 4.90 Å². The summed E-state index contributed by atoms with van der Waals surface area (Å²) in [7, 11) is 0. The molecule has 1 amide bonds. The molecular weight excluding hydrogens is 316 g/mol. The van der Waals surface area contributed by atoms with E-state index >= 15 is 0 Å². The van der Waals surface area contributed by atoms with Gasteiger partial charge in [-0.3, -0.25) is 4.79 Å². The minimum atomic E-state index is -0.261. The van der Waals surface area contributed by atoms with Crippen molar-refractivity contribution in [3.05, 3.63) is 52.0 Å². The van der Waals surface area contributed by atoms with Crippen LogP contribution in [0.4, 0.5) is 0 Å². The summed E-state index contributed by atoms with van der Waals surface area (Å²) in [4.78, 5) is 16.0. The Kier molecular flexibility index (Phi) is 4.69. The normalized spacial score (nSPS) is 19.3. The number of likely N-dealkylation sites (tertiary alicyclic amines) is 1. The zero-order valence-corrected chi connectivity index (χ0v) is 14.0. The monoisotopic (exact) mass is 334 g/mol. The Bertz CT molecular complexity index is 645. The maximum atomic E-state index is 12.8. The lowest BCUT2D eigenvalue weighted by Gasteiger charge is -2.26. The van der Waals surface area contributed by atoms with E-state index in [1.165, 1.54) is 22.8 Å². The second kappa shape index (κ2) is 6.71. The lowest BCUT2D eigenvalue weighted by molar-refractivity contribution is -0.645. The van der Waals surface area contributed by atoms with Gasteiger partial charge in [0.2, 0.25) is 5.91 Å². The van der Waals surface area contributed by atoms with Crippen molar-refractivity contribution in [3.8, 4) is 0 Å². The summed E-state index contributed by atoms with van der Waals surface area (Å²) < 4.78 is 0.815. The minimum Gasteiger partial charge on any atom is -0.618 e. The fraction of sp³-hybridized carbons (Fsp3) is 0.375. The van der Waals surface area contributed by atoms with Crippen LogP contribution in [0.1, 0.15) is 30.7 Å². The molecule has 4 nitrogen and oxygen atoms in total. The average Bonchev–Trinajstić information content (AvgIpc) is 3.19. The van der Waals surface area contributed by atoms with E-state index in [-0.39, 0.29) is 17.2 Å². The summed E-state index contributed by atoms with van der Waals surface area (Å²) in [6.45, 7) is 2.68. The highest BCUT2D eigenvalue weighted by atomic mass is 32.2. The summed E-state index contributed by atoms with van der Waals surface area (Å²) in [6, 6.07) is 9.59. The number of hydrogen-bond donors (Lipinski definition) is 0. The Labute approximate surface area is 138 Å². The Balaban J connectivity index is 1.71. The summed E-state index contributed by atoms with van der Waals surface area (Å²) in [5.41, 5.74) is 0. The standard InChI is InChI=1S/C16H18N2O2S2/c1-12(22-15-8-2-3-10-18(15)20)16(19)17-9-4-6-13(17)14-7-5-11-21-14/h2-3,5,7-8,10-13H,4,6,9H2,1H3/t12-,13+/m0/s1. The lowest BCUT2D eigenvalue weighted by Crippen LogP contribution is -2.37. The molecule has 0 saturated carbocycles. The van der Waals surface area contributed by atoms with Crippen molar-refractivity contribution >= 4 is 29.0 Å². The van der Waals surface area contributed by atoms with Crippen LogP contribution in [-0.2, 0) is 4.79 Å². The molecule has 2 atom stereocenters. The smallest absolute Gasteiger partial charge is 0.252 e. The number of rotatable bonds is 4. The Morgan fingerprint density at radius 2 is 2.32 bits per heavy atom. The molecule has 0 bridgehead atoms. The second-order valence-electron chi connectivity index (χ2n) is 5.33. The molecule has 2 aromatic rings. The first-order valence-corrected chi connectivity index (χ1v) is 9.11. The molecule has 0 spiro atoms. The van der Waals surface area contributed by atoms with E-state index in [4.69, 9.17) is 0 Å². The molecule has 0 unspecified atom stereocenters. The number of thioether (sulfide) groups is 1. The van der Waals surface area contributed by atoms with Crippen LogP contribution < -0.4 is 4.73 Å². The van der Waals surface area contributed by atoms with Crippen LogP contribution in [0.15, 0.2) is 46.9 Å². The molecule has 0 radical (unpaired) electrons. The van der Waals surface area contributed by atoms with Gasteiger partial charge in [0.05, 0.1) is 11.3 Å². The molecule has 0 aliphatic carbocycles. The predicted molar refractivity (Wildman–Crippen MR) is 88.7 cm³/mol. The van der Waals surface area contributed by atoms with Gasteiger partial charge in [-0.15, -0.1) is 11.3 Å². The minimum absolute atomic E-state index is 0.116. The Morgan fingerprint density at radius 3 is 3.05 bits per heavy atom. The van der Waals surface area contributed by atoms with Crippen LogP contribution in [0, 0.1) is 5.21 Å². The molecular formula is C16H18N2O2S2. The van der Waals surface area contributed by atoms with Crippen LogP contribution in [-0.4, -0.2) is 22.6 Å². The lowest BCUT2D eigenvalue weighted by atomic mass is 10.2. The summed E-state index contributed by atoms with van der Waals surface area (Å²) in [6.07, 6.45) is 3.53. The molecule has 1 aliphatic rings. The van der Waals surface area contributed by atoms with Gasteiger partial charge in [0.15, 0.2) is 6.20 Å². The SMILES string of the molecule is C[C@H](Sc1cccc[n+]1[O-])C(=O)N1CCC[C@@H]1c1cccs1. The van der Waals surface area contributed by atoms with Crippen molar-refractivity contribution in [3.63, 3.8) is 0 Å². The van der Waals surface area contributed by atoms with Gasteiger partial charge in [-0.2, -0.15) is 4.73 Å². The molecule has 1 saturated heterocycles. The third kappa shape index (κ3) is 3.13. The fourth-order valence-corrected chi connectivity index (χ4v) is 4.57. The van der Waals surface area contributed by atoms with Crippen LogP contribution >= 0.6 is 23.1 Å². The van der Waals surface area contributed by atoms with Crippen molar-refractivity contribution in [2.24, 2.45) is 0 Å². The summed E-state index contributed by atoms with van der Waals surface area (Å²) in [5.74, 6) is 0.116. The first-order chi connectivity index (χ1) is 10.7. The molecule has 6 heteroatoms. The van der Waals surface area contributed by atoms with Gasteiger partial charge >= 0.3 is 0 Å². The highest BCUT2D eigenvalue weighted by Crippen LogP contribution is 2.36. The van der Waals surface area contributed by atoms with E-state index in [0.717, 1.165) is 24.1 Å². The molecule has 22 heavy (non-hydrogen) atoms. The van der Waals surface area contributed by atoms with Crippen molar-refractivity contribution in [2.45, 2.75) is 36.1 Å². The Hall–Kier alpha value is -1.53. The number of carbonyl (C=O) groups is 1. The molecule has 1 aliphatic heterocycles. The van der Waals surface area contributed by atoms with E-state index in [2.05, 4.69) is 11.4 Å². The van der Waals surface area contributed by atoms with Crippen LogP contribution in [0.5, 0.6) is 0 Å². The zero-order valence-electron chi connectivity index (χ0n) is 12.3. The molecule has 0 aromatic carbocycles. The number of hydrogen-bond acceptors (Lipinski definition) is 4. The van der Waals surface area contributed by atoms with Gasteiger partial charge in [0.1, 0.15) is 0 Å². The number of nitrogens with zero attached hydrogens (tertiary/aromatic N) is 2. The molecule has 0 N–H and O–H groups in total. The molecule has 1 fully saturated rings. The first-order valence-electron chi connectivity index (χ1n) is 7.35. The van der Waals surface area contributed by atoms with E-state index in [1.807, 2.05) is 24.0 Å². The van der Waals surface area contributed by atoms with Crippen LogP contribution in [0.3, 0.4) is 0 Å². The van der Waals surface area contributed by atoms with Gasteiger partial charge in [-0.1, -0.05) is 6.07 Å². The molecule has 116 valence electrons. The molecule has 3 rings (SSSR count). The van der Waals surface area contributed by atoms with Crippen molar-refractivity contribution in [1.29, 1.82) is 0 Å². The third-order valence-corrected chi connectivity index (χ3v) is 5.93. The number of pyridine rings is 1. The number of amides is 1. The highest BCUT2D eigenvalue weighted by Gasteiger charge is 2.33. The van der Waals surface area contributed by atoms with E-state index in [9.17, 15) is 10.0 Å². The molecule has 2 aromatic heterocycles. The van der Waals surface area contributed by atoms with Gasteiger partial charge in [-0.25, -0.2) is 0 Å². The topological polar surface area (TPSA) is 47.2 Å². The van der Waals surface area contributed by atoms with Crippen LogP contribution in [0.2, 0.25) is 0 Å². The van der Waals surface area contributed by atoms with Gasteiger partial charge < -0.3 is 10.1 Å². The summed E-state index contributed by atoms with van der Waals surface area (Å²) in [5, 5.41) is 14.1. The largest absolute Gasteiger partial charge is 0.618 e. The maximum absolute atomic E-state index is 12.8. The van der Waals surface area contributed by atoms with Crippen LogP contribution in [0.25, 0.3) is 0 Å². The first kappa shape index (κ1) is 15.4.